The van der Waals surface area contributed by atoms with Gasteiger partial charge in [0.25, 0.3) is 0 Å². The minimum absolute atomic E-state index is 0.563. The van der Waals surface area contributed by atoms with Crippen LogP contribution in [0.25, 0.3) is 0 Å². The fourth-order valence-electron chi connectivity index (χ4n) is 0.807. The third kappa shape index (κ3) is 1.42. The number of alkyl halides is 2. The van der Waals surface area contributed by atoms with Crippen LogP contribution in [0.1, 0.15) is 0 Å². The first-order valence-electron chi connectivity index (χ1n) is 3.06. The molecule has 2 atom stereocenters. The molecule has 0 aliphatic heterocycles. The molecule has 1 rings (SSSR count). The summed E-state index contributed by atoms with van der Waals surface area (Å²) < 4.78 is 0. The van der Waals surface area contributed by atoms with Crippen molar-refractivity contribution in [1.29, 1.82) is 0 Å². The Morgan fingerprint density at radius 1 is 1.55 bits per heavy atom. The molecular weight excluding hydrogens is 185 g/mol. The molecule has 0 heterocycles. The highest BCUT2D eigenvalue weighted by molar-refractivity contribution is 6.43. The Balaban J connectivity index is 2.94. The first-order valence-corrected chi connectivity index (χ1v) is 3.88. The molecule has 0 saturated carbocycles. The van der Waals surface area contributed by atoms with Gasteiger partial charge in [-0.2, -0.15) is 0 Å². The van der Waals surface area contributed by atoms with Gasteiger partial charge in [0.2, 0.25) is 5.91 Å². The SMILES string of the molecule is NC(=O)C1(Cl)C=CC=CC1Cl. The van der Waals surface area contributed by atoms with Crippen LogP contribution < -0.4 is 5.73 Å². The van der Waals surface area contributed by atoms with Crippen molar-refractivity contribution in [3.05, 3.63) is 24.3 Å². The largest absolute Gasteiger partial charge is 0.368 e. The molecule has 0 spiro atoms. The van der Waals surface area contributed by atoms with Crippen LogP contribution >= 0.6 is 23.2 Å². The van der Waals surface area contributed by atoms with Crippen molar-refractivity contribution in [2.24, 2.45) is 5.73 Å². The average molecular weight is 192 g/mol. The van der Waals surface area contributed by atoms with Crippen LogP contribution in [0.3, 0.4) is 0 Å². The summed E-state index contributed by atoms with van der Waals surface area (Å²) in [6, 6.07) is 0. The van der Waals surface area contributed by atoms with Gasteiger partial charge in [0.1, 0.15) is 0 Å². The fraction of sp³-hybridized carbons (Fsp3) is 0.286. The van der Waals surface area contributed by atoms with Gasteiger partial charge in [-0.15, -0.1) is 23.2 Å². The summed E-state index contributed by atoms with van der Waals surface area (Å²) >= 11 is 11.6. The maximum atomic E-state index is 10.8. The Labute approximate surface area is 74.7 Å². The third-order valence-electron chi connectivity index (χ3n) is 1.51. The summed E-state index contributed by atoms with van der Waals surface area (Å²) in [4.78, 5) is 9.55. The highest BCUT2D eigenvalue weighted by Gasteiger charge is 2.38. The predicted molar refractivity (Wildman–Crippen MR) is 45.7 cm³/mol. The van der Waals surface area contributed by atoms with Crippen LogP contribution in [-0.2, 0) is 4.79 Å². The Morgan fingerprint density at radius 3 is 2.55 bits per heavy atom. The normalized spacial score (nSPS) is 35.6. The second-order valence-electron chi connectivity index (χ2n) is 2.28. The van der Waals surface area contributed by atoms with Gasteiger partial charge >= 0.3 is 0 Å². The maximum Gasteiger partial charge on any atom is 0.244 e. The van der Waals surface area contributed by atoms with Crippen molar-refractivity contribution >= 4 is 29.1 Å². The van der Waals surface area contributed by atoms with Crippen molar-refractivity contribution in [3.63, 3.8) is 0 Å². The standard InChI is InChI=1S/C7H7Cl2NO/c8-5-3-1-2-4-7(5,9)6(10)11/h1-5H,(H2,10,11). The molecule has 4 heteroatoms. The van der Waals surface area contributed by atoms with E-state index in [2.05, 4.69) is 0 Å². The number of hydrogen-bond donors (Lipinski definition) is 1. The molecule has 0 aromatic heterocycles. The van der Waals surface area contributed by atoms with E-state index in [9.17, 15) is 4.79 Å². The molecule has 2 N–H and O–H groups in total. The van der Waals surface area contributed by atoms with Crippen LogP contribution in [0.4, 0.5) is 0 Å². The van der Waals surface area contributed by atoms with Gasteiger partial charge in [0.15, 0.2) is 4.87 Å². The molecule has 0 aromatic rings. The summed E-state index contributed by atoms with van der Waals surface area (Å²) in [6.07, 6.45) is 6.49. The number of rotatable bonds is 1. The molecule has 2 nitrogen and oxygen atoms in total. The molecule has 11 heavy (non-hydrogen) atoms. The number of carbonyl (C=O) groups excluding carboxylic acids is 1. The smallest absolute Gasteiger partial charge is 0.244 e. The van der Waals surface area contributed by atoms with Crippen LogP contribution in [0, 0.1) is 0 Å². The predicted octanol–water partition coefficient (Wildman–Crippen LogP) is 1.18. The monoisotopic (exact) mass is 191 g/mol. The Bertz CT molecular complexity index is 237. The van der Waals surface area contributed by atoms with Gasteiger partial charge in [-0.25, -0.2) is 0 Å². The zero-order valence-corrected chi connectivity index (χ0v) is 7.14. The van der Waals surface area contributed by atoms with Crippen molar-refractivity contribution in [1.82, 2.24) is 0 Å². The van der Waals surface area contributed by atoms with E-state index in [4.69, 9.17) is 28.9 Å². The topological polar surface area (TPSA) is 43.1 Å². The van der Waals surface area contributed by atoms with Crippen LogP contribution in [0.5, 0.6) is 0 Å². The molecule has 2 unspecified atom stereocenters. The van der Waals surface area contributed by atoms with E-state index < -0.39 is 16.2 Å². The lowest BCUT2D eigenvalue weighted by Gasteiger charge is -2.24. The molecule has 0 bridgehead atoms. The number of nitrogens with two attached hydrogens (primary N) is 1. The van der Waals surface area contributed by atoms with E-state index in [1.807, 2.05) is 0 Å². The molecule has 60 valence electrons. The molecule has 1 amide bonds. The Kier molecular flexibility index (Phi) is 2.25. The second-order valence-corrected chi connectivity index (χ2v) is 3.37. The van der Waals surface area contributed by atoms with E-state index in [0.29, 0.717) is 0 Å². The molecule has 0 fully saturated rings. The van der Waals surface area contributed by atoms with E-state index in [-0.39, 0.29) is 0 Å². The van der Waals surface area contributed by atoms with Crippen LogP contribution in [0.2, 0.25) is 0 Å². The number of hydrogen-bond acceptors (Lipinski definition) is 1. The van der Waals surface area contributed by atoms with E-state index in [0.717, 1.165) is 0 Å². The minimum atomic E-state index is -1.25. The van der Waals surface area contributed by atoms with E-state index >= 15 is 0 Å². The summed E-state index contributed by atoms with van der Waals surface area (Å²) in [6.45, 7) is 0. The number of halogens is 2. The van der Waals surface area contributed by atoms with Gasteiger partial charge in [0, 0.05) is 0 Å². The van der Waals surface area contributed by atoms with Crippen LogP contribution in [0.15, 0.2) is 24.3 Å². The molecule has 1 aliphatic rings. The lowest BCUT2D eigenvalue weighted by Crippen LogP contribution is -2.44. The molecule has 0 aromatic carbocycles. The zero-order valence-electron chi connectivity index (χ0n) is 5.63. The van der Waals surface area contributed by atoms with Gasteiger partial charge in [-0.05, 0) is 0 Å². The first kappa shape index (κ1) is 8.62. The lowest BCUT2D eigenvalue weighted by molar-refractivity contribution is -0.119. The Hall–Kier alpha value is -0.470. The summed E-state index contributed by atoms with van der Waals surface area (Å²) in [7, 11) is 0. The maximum absolute atomic E-state index is 10.8. The highest BCUT2D eigenvalue weighted by atomic mass is 35.5. The number of allylic oxidation sites excluding steroid dienone is 3. The molecular formula is C7H7Cl2NO. The molecule has 1 aliphatic carbocycles. The molecule has 0 radical (unpaired) electrons. The quantitative estimate of drug-likeness (QED) is 0.623. The summed E-state index contributed by atoms with van der Waals surface area (Å²) in [5.41, 5.74) is 5.05. The Morgan fingerprint density at radius 2 is 2.18 bits per heavy atom. The average Bonchev–Trinajstić information content (AvgIpc) is 1.95. The summed E-state index contributed by atoms with van der Waals surface area (Å²) in [5.74, 6) is -0.625. The summed E-state index contributed by atoms with van der Waals surface area (Å²) in [5, 5.41) is -0.563. The number of primary amides is 1. The van der Waals surface area contributed by atoms with Crippen molar-refractivity contribution < 1.29 is 4.79 Å². The number of amides is 1. The third-order valence-corrected chi connectivity index (χ3v) is 2.66. The highest BCUT2D eigenvalue weighted by Crippen LogP contribution is 2.29. The van der Waals surface area contributed by atoms with Gasteiger partial charge in [-0.1, -0.05) is 24.3 Å². The first-order chi connectivity index (χ1) is 5.07. The minimum Gasteiger partial charge on any atom is -0.368 e. The van der Waals surface area contributed by atoms with Gasteiger partial charge < -0.3 is 5.73 Å². The van der Waals surface area contributed by atoms with Crippen molar-refractivity contribution in [2.45, 2.75) is 10.3 Å². The molecule has 0 saturated heterocycles. The fourth-order valence-corrected chi connectivity index (χ4v) is 1.22. The second kappa shape index (κ2) is 2.88. The van der Waals surface area contributed by atoms with E-state index in [1.165, 1.54) is 6.08 Å². The van der Waals surface area contributed by atoms with Gasteiger partial charge in [-0.3, -0.25) is 4.79 Å². The number of carbonyl (C=O) groups is 1. The van der Waals surface area contributed by atoms with Crippen LogP contribution in [-0.4, -0.2) is 16.2 Å². The van der Waals surface area contributed by atoms with Crippen molar-refractivity contribution in [3.8, 4) is 0 Å². The van der Waals surface area contributed by atoms with Gasteiger partial charge in [0.05, 0.1) is 5.38 Å². The van der Waals surface area contributed by atoms with Crippen molar-refractivity contribution in [2.75, 3.05) is 0 Å². The zero-order chi connectivity index (χ0) is 8.48. The van der Waals surface area contributed by atoms with E-state index in [1.54, 1.807) is 18.2 Å². The lowest BCUT2D eigenvalue weighted by atomic mass is 9.99.